The molecule has 4 amide bonds. The number of ether oxygens (including phenoxy) is 2. The number of hydrogen-bond donors (Lipinski definition) is 4. The first-order valence-corrected chi connectivity index (χ1v) is 20.0. The average molecular weight is 757 g/mol. The number of carbonyl (C=O) groups is 4. The molecule has 0 spiro atoms. The zero-order valence-electron chi connectivity index (χ0n) is 31.6. The number of thiazole rings is 2. The van der Waals surface area contributed by atoms with Crippen molar-refractivity contribution in [2.75, 3.05) is 0 Å². The van der Waals surface area contributed by atoms with Gasteiger partial charge in [-0.25, -0.2) is 20.0 Å². The number of nitrogens with one attached hydrogen (secondary N) is 4. The number of aromatic nitrogens is 2. The van der Waals surface area contributed by atoms with E-state index in [1.165, 1.54) is 22.7 Å². The van der Waals surface area contributed by atoms with E-state index in [4.69, 9.17) is 19.5 Å². The van der Waals surface area contributed by atoms with Crippen LogP contribution in [0.1, 0.15) is 125 Å². The number of hydrogen-bond acceptors (Lipinski definition) is 12. The molecule has 16 heteroatoms. The molecule has 5 heterocycles. The lowest BCUT2D eigenvalue weighted by molar-refractivity contribution is -0.125. The van der Waals surface area contributed by atoms with Gasteiger partial charge in [-0.05, 0) is 37.5 Å². The Balaban J connectivity index is 1.55. The van der Waals surface area contributed by atoms with Crippen LogP contribution < -0.4 is 21.3 Å². The summed E-state index contributed by atoms with van der Waals surface area (Å²) < 4.78 is 12.3. The van der Waals surface area contributed by atoms with E-state index in [9.17, 15) is 19.2 Å². The van der Waals surface area contributed by atoms with E-state index in [1.54, 1.807) is 24.6 Å². The highest BCUT2D eigenvalue weighted by molar-refractivity contribution is 7.10. The van der Waals surface area contributed by atoms with Gasteiger partial charge in [-0.15, -0.1) is 22.7 Å². The molecule has 0 saturated carbocycles. The van der Waals surface area contributed by atoms with Crippen LogP contribution in [-0.4, -0.2) is 81.8 Å². The van der Waals surface area contributed by atoms with Crippen LogP contribution in [0, 0.1) is 23.7 Å². The fourth-order valence-electron chi connectivity index (χ4n) is 6.28. The summed E-state index contributed by atoms with van der Waals surface area (Å²) in [6.45, 7) is 19.4. The largest absolute Gasteiger partial charge is 0.474 e. The fourth-order valence-corrected chi connectivity index (χ4v) is 8.32. The van der Waals surface area contributed by atoms with Crippen LogP contribution in [0.3, 0.4) is 0 Å². The lowest BCUT2D eigenvalue weighted by atomic mass is 9.98. The Morgan fingerprint density at radius 3 is 1.31 bits per heavy atom. The molecule has 0 radical (unpaired) electrons. The third-order valence-electron chi connectivity index (χ3n) is 10.1. The van der Waals surface area contributed by atoms with Crippen LogP contribution in [0.4, 0.5) is 0 Å². The second kappa shape index (κ2) is 16.4. The van der Waals surface area contributed by atoms with Crippen LogP contribution in [0.5, 0.6) is 0 Å². The van der Waals surface area contributed by atoms with Crippen molar-refractivity contribution in [3.8, 4) is 0 Å². The molecule has 3 aliphatic heterocycles. The van der Waals surface area contributed by atoms with Gasteiger partial charge in [-0.2, -0.15) is 0 Å². The number of carbonyl (C=O) groups excluding carboxylic acids is 4. The molecule has 4 unspecified atom stereocenters. The molecular weight excluding hydrogens is 705 g/mol. The van der Waals surface area contributed by atoms with Gasteiger partial charge >= 0.3 is 0 Å². The molecule has 0 aromatic carbocycles. The van der Waals surface area contributed by atoms with Crippen molar-refractivity contribution >= 4 is 58.1 Å². The van der Waals surface area contributed by atoms with Gasteiger partial charge in [0.25, 0.3) is 11.8 Å². The summed E-state index contributed by atoms with van der Waals surface area (Å²) in [7, 11) is 0. The summed E-state index contributed by atoms with van der Waals surface area (Å²) in [5.41, 5.74) is 0.410. The van der Waals surface area contributed by atoms with Crippen LogP contribution in [-0.2, 0) is 19.1 Å². The first-order valence-electron chi connectivity index (χ1n) is 18.2. The second-order valence-electron chi connectivity index (χ2n) is 14.7. The van der Waals surface area contributed by atoms with Crippen molar-refractivity contribution in [3.05, 3.63) is 32.2 Å². The highest BCUT2D eigenvalue weighted by atomic mass is 32.1. The minimum atomic E-state index is -0.857. The number of rotatable bonds is 6. The van der Waals surface area contributed by atoms with E-state index >= 15 is 0 Å². The van der Waals surface area contributed by atoms with Crippen molar-refractivity contribution in [1.29, 1.82) is 0 Å². The molecule has 5 rings (SSSR count). The van der Waals surface area contributed by atoms with Gasteiger partial charge in [0.2, 0.25) is 23.6 Å². The summed E-state index contributed by atoms with van der Waals surface area (Å²) in [5, 5.41) is 16.8. The zero-order valence-corrected chi connectivity index (χ0v) is 33.2. The third-order valence-corrected chi connectivity index (χ3v) is 11.9. The van der Waals surface area contributed by atoms with Crippen LogP contribution in [0.25, 0.3) is 0 Å². The third kappa shape index (κ3) is 8.32. The predicted octanol–water partition coefficient (Wildman–Crippen LogP) is 4.60. The standard InChI is InChI=1S/C36H52N8O6S2/c1-11-17(7)25-33-43-27(19(9)49-33)31(47)39-24(16(5)6)36-38-22(14-52-36)30(46)42-26(18(8)12-2)34-44-28(20(10)50-34)32(48)40-23(15(3)4)35-37-21(13-51-35)29(45)41-25/h13-20,23-28H,11-12H2,1-10H3,(H,39,47)(H,40,48)(H,41,45)(H,42,46)/t17?,18?,19-,20-,23-,24-,25-,26+,27?,28?/m1/s1. The van der Waals surface area contributed by atoms with Crippen molar-refractivity contribution in [2.24, 2.45) is 33.7 Å². The summed E-state index contributed by atoms with van der Waals surface area (Å²) >= 11 is 2.57. The smallest absolute Gasteiger partial charge is 0.271 e. The van der Waals surface area contributed by atoms with E-state index in [2.05, 4.69) is 31.2 Å². The Labute approximate surface area is 313 Å². The second-order valence-corrected chi connectivity index (χ2v) is 16.5. The topological polar surface area (TPSA) is 185 Å². The molecule has 14 nitrogen and oxygen atoms in total. The first kappa shape index (κ1) is 39.3. The van der Waals surface area contributed by atoms with Gasteiger partial charge in [0.1, 0.15) is 45.7 Å². The van der Waals surface area contributed by atoms with E-state index in [-0.39, 0.29) is 58.7 Å². The van der Waals surface area contributed by atoms with Gasteiger partial charge in [0.05, 0.1) is 12.1 Å². The molecule has 3 aliphatic rings. The molecule has 8 bridgehead atoms. The minimum absolute atomic E-state index is 0.0604. The Bertz CT molecular complexity index is 1580. The van der Waals surface area contributed by atoms with Gasteiger partial charge < -0.3 is 30.7 Å². The van der Waals surface area contributed by atoms with E-state index in [0.29, 0.717) is 22.9 Å². The van der Waals surface area contributed by atoms with Crippen LogP contribution in [0.2, 0.25) is 0 Å². The minimum Gasteiger partial charge on any atom is -0.474 e. The summed E-state index contributed by atoms with van der Waals surface area (Å²) in [5.74, 6) is -1.19. The highest BCUT2D eigenvalue weighted by Crippen LogP contribution is 2.30. The molecule has 10 atom stereocenters. The Morgan fingerprint density at radius 1 is 0.615 bits per heavy atom. The van der Waals surface area contributed by atoms with Crippen LogP contribution >= 0.6 is 22.7 Å². The molecule has 0 saturated heterocycles. The molecule has 0 aliphatic carbocycles. The SMILES string of the molecule is CCC(C)[C@@H]1NC(=O)c2csc(n2)[C@@H](C(C)C)NC(=O)C2N=C(O[C@@H]2C)[C@@H](C(C)CC)NC(=O)c2csc(n2)[C@@H](C(C)C)NC(=O)C2N=C1O[C@@H]2C. The van der Waals surface area contributed by atoms with E-state index in [1.807, 2.05) is 55.4 Å². The van der Waals surface area contributed by atoms with Crippen molar-refractivity contribution in [3.63, 3.8) is 0 Å². The quantitative estimate of drug-likeness (QED) is 0.330. The summed E-state index contributed by atoms with van der Waals surface area (Å²) in [6, 6.07) is -3.92. The van der Waals surface area contributed by atoms with Gasteiger partial charge in [0, 0.05) is 10.8 Å². The van der Waals surface area contributed by atoms with Crippen molar-refractivity contribution in [1.82, 2.24) is 31.2 Å². The lowest BCUT2D eigenvalue weighted by Gasteiger charge is -2.24. The predicted molar refractivity (Wildman–Crippen MR) is 201 cm³/mol. The van der Waals surface area contributed by atoms with Crippen molar-refractivity contribution < 1.29 is 28.7 Å². The number of nitrogens with zero attached hydrogens (tertiary/aromatic N) is 4. The first-order chi connectivity index (χ1) is 24.6. The molecule has 52 heavy (non-hydrogen) atoms. The average Bonchev–Trinajstić information content (AvgIpc) is 3.92. The van der Waals surface area contributed by atoms with Crippen LogP contribution in [0.15, 0.2) is 20.7 Å². The number of amides is 4. The maximum absolute atomic E-state index is 13.8. The van der Waals surface area contributed by atoms with Gasteiger partial charge in [0.15, 0.2) is 12.1 Å². The molecule has 4 N–H and O–H groups in total. The van der Waals surface area contributed by atoms with E-state index in [0.717, 1.165) is 0 Å². The van der Waals surface area contributed by atoms with Crippen molar-refractivity contribution in [2.45, 2.75) is 131 Å². The maximum Gasteiger partial charge on any atom is 0.271 e. The lowest BCUT2D eigenvalue weighted by Crippen LogP contribution is -2.46. The normalized spacial score (nSPS) is 29.8. The summed E-state index contributed by atoms with van der Waals surface area (Å²) in [4.78, 5) is 73.7. The molecule has 2 aromatic heterocycles. The fraction of sp³-hybridized carbons (Fsp3) is 0.667. The molecule has 284 valence electrons. The van der Waals surface area contributed by atoms with E-state index < -0.39 is 60.3 Å². The Morgan fingerprint density at radius 2 is 0.981 bits per heavy atom. The number of fused-ring (bicyclic) bond motifs is 6. The van der Waals surface area contributed by atoms with Gasteiger partial charge in [-0.1, -0.05) is 68.2 Å². The summed E-state index contributed by atoms with van der Waals surface area (Å²) in [6.07, 6.45) is 0.257. The molecular formula is C36H52N8O6S2. The highest BCUT2D eigenvalue weighted by Gasteiger charge is 2.42. The van der Waals surface area contributed by atoms with Gasteiger partial charge in [-0.3, -0.25) is 19.2 Å². The zero-order chi connectivity index (χ0) is 38.0. The Hall–Kier alpha value is -3.92. The number of aliphatic imine (C=N–C) groups is 2. The molecule has 2 aromatic rings. The maximum atomic E-state index is 13.8. The Kier molecular flexibility index (Phi) is 12.4. The molecule has 0 fully saturated rings. The monoisotopic (exact) mass is 756 g/mol.